The third kappa shape index (κ3) is 3.76. The average Bonchev–Trinajstić information content (AvgIpc) is 2.59. The van der Waals surface area contributed by atoms with Crippen molar-refractivity contribution >= 4 is 11.3 Å². The molecule has 1 N–H and O–H groups in total. The normalized spacial score (nSPS) is 13.1. The average molecular weight is 212 g/mol. The van der Waals surface area contributed by atoms with Gasteiger partial charge in [0.15, 0.2) is 0 Å². The van der Waals surface area contributed by atoms with Crippen LogP contribution in [0.25, 0.3) is 0 Å². The molecule has 0 aromatic carbocycles. The van der Waals surface area contributed by atoms with Gasteiger partial charge in [0.2, 0.25) is 0 Å². The molecule has 2 nitrogen and oxygen atoms in total. The lowest BCUT2D eigenvalue weighted by Gasteiger charge is -2.10. The van der Waals surface area contributed by atoms with Crippen molar-refractivity contribution in [1.82, 2.24) is 10.3 Å². The smallest absolute Gasteiger partial charge is 0.0898 e. The molecule has 0 amide bonds. The van der Waals surface area contributed by atoms with Crippen LogP contribution in [0.5, 0.6) is 0 Å². The van der Waals surface area contributed by atoms with Crippen LogP contribution in [-0.4, -0.2) is 11.5 Å². The Balaban J connectivity index is 2.25. The lowest BCUT2D eigenvalue weighted by molar-refractivity contribution is 0.536. The Bertz CT molecular complexity index is 258. The molecule has 1 rings (SSSR count). The van der Waals surface area contributed by atoms with Gasteiger partial charge in [0.05, 0.1) is 10.7 Å². The number of unbranched alkanes of at least 4 members (excludes halogenated alkanes) is 2. The van der Waals surface area contributed by atoms with Crippen LogP contribution in [0.1, 0.15) is 49.9 Å². The summed E-state index contributed by atoms with van der Waals surface area (Å²) in [5, 5.41) is 6.79. The molecule has 0 radical (unpaired) electrons. The Morgan fingerprint density at radius 3 is 2.86 bits per heavy atom. The lowest BCUT2D eigenvalue weighted by Crippen LogP contribution is -2.20. The van der Waals surface area contributed by atoms with Crippen LogP contribution in [0.4, 0.5) is 0 Å². The van der Waals surface area contributed by atoms with Crippen LogP contribution in [0.2, 0.25) is 0 Å². The van der Waals surface area contributed by atoms with E-state index in [-0.39, 0.29) is 0 Å². The molecule has 0 saturated heterocycles. The first-order valence-corrected chi connectivity index (χ1v) is 6.27. The second-order valence-electron chi connectivity index (χ2n) is 3.67. The number of hydrogen-bond donors (Lipinski definition) is 1. The summed E-state index contributed by atoms with van der Waals surface area (Å²) >= 11 is 1.73. The Morgan fingerprint density at radius 2 is 2.29 bits per heavy atom. The predicted molar refractivity (Wildman–Crippen MR) is 62.8 cm³/mol. The molecule has 1 atom stereocenters. The van der Waals surface area contributed by atoms with E-state index < -0.39 is 0 Å². The Labute approximate surface area is 90.8 Å². The SMILES string of the molecule is CCCCCNC(C)c1csc(C)n1. The molecule has 0 aliphatic heterocycles. The molecule has 1 aromatic heterocycles. The summed E-state index contributed by atoms with van der Waals surface area (Å²) in [4.78, 5) is 4.47. The maximum Gasteiger partial charge on any atom is 0.0898 e. The molecule has 14 heavy (non-hydrogen) atoms. The second kappa shape index (κ2) is 6.14. The van der Waals surface area contributed by atoms with Crippen molar-refractivity contribution in [1.29, 1.82) is 0 Å². The summed E-state index contributed by atoms with van der Waals surface area (Å²) in [6.45, 7) is 7.57. The van der Waals surface area contributed by atoms with Gasteiger partial charge in [-0.25, -0.2) is 4.98 Å². The summed E-state index contributed by atoms with van der Waals surface area (Å²) in [6, 6.07) is 0.400. The zero-order valence-electron chi connectivity index (χ0n) is 9.34. The van der Waals surface area contributed by atoms with E-state index in [0.717, 1.165) is 11.6 Å². The molecule has 0 aliphatic carbocycles. The van der Waals surface area contributed by atoms with E-state index in [9.17, 15) is 0 Å². The maximum absolute atomic E-state index is 4.47. The van der Waals surface area contributed by atoms with Crippen molar-refractivity contribution in [2.75, 3.05) is 6.54 Å². The van der Waals surface area contributed by atoms with Gasteiger partial charge in [-0.3, -0.25) is 0 Å². The Kier molecular flexibility index (Phi) is 5.12. The molecule has 0 saturated carbocycles. The van der Waals surface area contributed by atoms with Crippen molar-refractivity contribution in [3.05, 3.63) is 16.1 Å². The summed E-state index contributed by atoms with van der Waals surface area (Å²) in [7, 11) is 0. The minimum atomic E-state index is 0.400. The fraction of sp³-hybridized carbons (Fsp3) is 0.727. The molecule has 0 bridgehead atoms. The van der Waals surface area contributed by atoms with Gasteiger partial charge in [-0.05, 0) is 26.8 Å². The van der Waals surface area contributed by atoms with E-state index in [1.807, 2.05) is 0 Å². The summed E-state index contributed by atoms with van der Waals surface area (Å²) in [6.07, 6.45) is 3.87. The van der Waals surface area contributed by atoms with E-state index in [2.05, 4.69) is 36.5 Å². The molecule has 0 spiro atoms. The number of rotatable bonds is 6. The first kappa shape index (κ1) is 11.7. The van der Waals surface area contributed by atoms with E-state index in [4.69, 9.17) is 0 Å². The monoisotopic (exact) mass is 212 g/mol. The highest BCUT2D eigenvalue weighted by Gasteiger charge is 2.06. The summed E-state index contributed by atoms with van der Waals surface area (Å²) in [5.41, 5.74) is 1.18. The fourth-order valence-corrected chi connectivity index (χ4v) is 2.08. The highest BCUT2D eigenvalue weighted by atomic mass is 32.1. The number of hydrogen-bond acceptors (Lipinski definition) is 3. The molecule has 0 aliphatic rings. The van der Waals surface area contributed by atoms with E-state index in [1.54, 1.807) is 11.3 Å². The van der Waals surface area contributed by atoms with Gasteiger partial charge in [0.25, 0.3) is 0 Å². The lowest BCUT2D eigenvalue weighted by atomic mass is 10.2. The maximum atomic E-state index is 4.47. The minimum absolute atomic E-state index is 0.400. The number of nitrogens with zero attached hydrogens (tertiary/aromatic N) is 1. The van der Waals surface area contributed by atoms with Crippen molar-refractivity contribution in [3.8, 4) is 0 Å². The highest BCUT2D eigenvalue weighted by molar-refractivity contribution is 7.09. The van der Waals surface area contributed by atoms with Crippen LogP contribution < -0.4 is 5.32 Å². The van der Waals surface area contributed by atoms with Crippen LogP contribution in [0.15, 0.2) is 5.38 Å². The van der Waals surface area contributed by atoms with Crippen LogP contribution in [0, 0.1) is 6.92 Å². The zero-order valence-corrected chi connectivity index (χ0v) is 10.2. The van der Waals surface area contributed by atoms with Crippen molar-refractivity contribution in [2.24, 2.45) is 0 Å². The third-order valence-corrected chi connectivity index (χ3v) is 3.10. The standard InChI is InChI=1S/C11H20N2S/c1-4-5-6-7-12-9(2)11-8-14-10(3)13-11/h8-9,12H,4-7H2,1-3H3. The van der Waals surface area contributed by atoms with Gasteiger partial charge < -0.3 is 5.32 Å². The molecular formula is C11H20N2S. The summed E-state index contributed by atoms with van der Waals surface area (Å²) in [5.74, 6) is 0. The number of aryl methyl sites for hydroxylation is 1. The van der Waals surface area contributed by atoms with Crippen LogP contribution >= 0.6 is 11.3 Å². The zero-order chi connectivity index (χ0) is 10.4. The van der Waals surface area contributed by atoms with Gasteiger partial charge in [0.1, 0.15) is 0 Å². The van der Waals surface area contributed by atoms with Crippen molar-refractivity contribution in [3.63, 3.8) is 0 Å². The van der Waals surface area contributed by atoms with E-state index >= 15 is 0 Å². The largest absolute Gasteiger partial charge is 0.309 e. The molecule has 1 heterocycles. The minimum Gasteiger partial charge on any atom is -0.309 e. The molecule has 80 valence electrons. The van der Waals surface area contributed by atoms with Gasteiger partial charge in [-0.2, -0.15) is 0 Å². The van der Waals surface area contributed by atoms with Gasteiger partial charge in [-0.1, -0.05) is 19.8 Å². The van der Waals surface area contributed by atoms with Gasteiger partial charge in [-0.15, -0.1) is 11.3 Å². The van der Waals surface area contributed by atoms with Crippen LogP contribution in [-0.2, 0) is 0 Å². The first-order valence-electron chi connectivity index (χ1n) is 5.39. The molecule has 0 fully saturated rings. The van der Waals surface area contributed by atoms with Crippen molar-refractivity contribution < 1.29 is 0 Å². The predicted octanol–water partition coefficient (Wildman–Crippen LogP) is 3.29. The van der Waals surface area contributed by atoms with E-state index in [1.165, 1.54) is 25.0 Å². The molecular weight excluding hydrogens is 192 g/mol. The number of aromatic nitrogens is 1. The first-order chi connectivity index (χ1) is 6.74. The fourth-order valence-electron chi connectivity index (χ4n) is 1.38. The highest BCUT2D eigenvalue weighted by Crippen LogP contribution is 2.15. The topological polar surface area (TPSA) is 24.9 Å². The molecule has 1 unspecified atom stereocenters. The van der Waals surface area contributed by atoms with Gasteiger partial charge >= 0.3 is 0 Å². The quantitative estimate of drug-likeness (QED) is 0.732. The number of nitrogens with one attached hydrogen (secondary N) is 1. The van der Waals surface area contributed by atoms with Gasteiger partial charge in [0, 0.05) is 11.4 Å². The Morgan fingerprint density at radius 1 is 1.50 bits per heavy atom. The molecule has 1 aromatic rings. The van der Waals surface area contributed by atoms with E-state index in [0.29, 0.717) is 6.04 Å². The van der Waals surface area contributed by atoms with Crippen LogP contribution in [0.3, 0.4) is 0 Å². The third-order valence-electron chi connectivity index (χ3n) is 2.31. The number of thiazole rings is 1. The van der Waals surface area contributed by atoms with Crippen molar-refractivity contribution in [2.45, 2.75) is 46.1 Å². The Hall–Kier alpha value is -0.410. The summed E-state index contributed by atoms with van der Waals surface area (Å²) < 4.78 is 0. The molecule has 3 heteroatoms. The second-order valence-corrected chi connectivity index (χ2v) is 4.74.